The Morgan fingerprint density at radius 2 is 2.22 bits per heavy atom. The molecule has 1 aliphatic rings. The number of nitrogens with zero attached hydrogens (tertiary/aromatic N) is 1. The molecular formula is C14H21FN2O. The molecule has 1 aromatic rings. The SMILES string of the molecule is CC1OCCC1N(C)c1cc(F)cc(CCN)c1. The monoisotopic (exact) mass is 252 g/mol. The highest BCUT2D eigenvalue weighted by Crippen LogP contribution is 2.26. The Labute approximate surface area is 108 Å². The van der Waals surface area contributed by atoms with Crippen LogP contribution in [0.15, 0.2) is 18.2 Å². The van der Waals surface area contributed by atoms with Gasteiger partial charge in [-0.15, -0.1) is 0 Å². The third kappa shape index (κ3) is 2.82. The number of halogens is 1. The molecule has 0 radical (unpaired) electrons. The maximum atomic E-state index is 13.6. The van der Waals surface area contributed by atoms with E-state index in [0.717, 1.165) is 24.3 Å². The van der Waals surface area contributed by atoms with Crippen molar-refractivity contribution in [1.82, 2.24) is 0 Å². The minimum absolute atomic E-state index is 0.191. The van der Waals surface area contributed by atoms with Crippen LogP contribution >= 0.6 is 0 Å². The van der Waals surface area contributed by atoms with E-state index in [9.17, 15) is 4.39 Å². The largest absolute Gasteiger partial charge is 0.376 e. The molecule has 18 heavy (non-hydrogen) atoms. The Kier molecular flexibility index (Phi) is 4.19. The third-order valence-electron chi connectivity index (χ3n) is 3.62. The molecule has 1 fully saturated rings. The predicted molar refractivity (Wildman–Crippen MR) is 71.4 cm³/mol. The maximum Gasteiger partial charge on any atom is 0.125 e. The van der Waals surface area contributed by atoms with Gasteiger partial charge in [0.15, 0.2) is 0 Å². The lowest BCUT2D eigenvalue weighted by Crippen LogP contribution is -2.36. The van der Waals surface area contributed by atoms with Gasteiger partial charge in [0.25, 0.3) is 0 Å². The van der Waals surface area contributed by atoms with Crippen LogP contribution < -0.4 is 10.6 Å². The molecule has 0 spiro atoms. The molecule has 2 rings (SSSR count). The Morgan fingerprint density at radius 1 is 1.44 bits per heavy atom. The van der Waals surface area contributed by atoms with E-state index in [-0.39, 0.29) is 11.9 Å². The number of ether oxygens (including phenoxy) is 1. The van der Waals surface area contributed by atoms with E-state index in [0.29, 0.717) is 19.0 Å². The average Bonchev–Trinajstić information content (AvgIpc) is 2.74. The smallest absolute Gasteiger partial charge is 0.125 e. The lowest BCUT2D eigenvalue weighted by atomic mass is 10.1. The summed E-state index contributed by atoms with van der Waals surface area (Å²) in [5.41, 5.74) is 7.38. The van der Waals surface area contributed by atoms with Gasteiger partial charge in [0.1, 0.15) is 5.82 Å². The summed E-state index contributed by atoms with van der Waals surface area (Å²) in [7, 11) is 2.00. The minimum atomic E-state index is -0.200. The van der Waals surface area contributed by atoms with Crippen molar-refractivity contribution in [3.63, 3.8) is 0 Å². The fourth-order valence-electron chi connectivity index (χ4n) is 2.57. The molecule has 0 aromatic heterocycles. The van der Waals surface area contributed by atoms with Crippen molar-refractivity contribution in [3.05, 3.63) is 29.6 Å². The molecule has 100 valence electrons. The minimum Gasteiger partial charge on any atom is -0.376 e. The highest BCUT2D eigenvalue weighted by molar-refractivity contribution is 5.49. The predicted octanol–water partition coefficient (Wildman–Crippen LogP) is 1.94. The van der Waals surface area contributed by atoms with Crippen LogP contribution in [-0.2, 0) is 11.2 Å². The van der Waals surface area contributed by atoms with Gasteiger partial charge in [-0.2, -0.15) is 0 Å². The van der Waals surface area contributed by atoms with E-state index in [1.165, 1.54) is 0 Å². The standard InChI is InChI=1S/C14H21FN2O/c1-10-14(4-6-18-10)17(2)13-8-11(3-5-16)7-12(15)9-13/h7-10,14H,3-6,16H2,1-2H3. The summed E-state index contributed by atoms with van der Waals surface area (Å²) in [6, 6.07) is 5.46. The molecule has 2 N–H and O–H groups in total. The molecule has 1 aliphatic heterocycles. The van der Waals surface area contributed by atoms with Gasteiger partial charge >= 0.3 is 0 Å². The third-order valence-corrected chi connectivity index (χ3v) is 3.62. The van der Waals surface area contributed by atoms with Gasteiger partial charge < -0.3 is 15.4 Å². The molecule has 0 amide bonds. The number of hydrogen-bond acceptors (Lipinski definition) is 3. The van der Waals surface area contributed by atoms with Gasteiger partial charge in [0.2, 0.25) is 0 Å². The summed E-state index contributed by atoms with van der Waals surface area (Å²) < 4.78 is 19.2. The summed E-state index contributed by atoms with van der Waals surface area (Å²) in [4.78, 5) is 2.11. The second-order valence-electron chi connectivity index (χ2n) is 4.90. The first-order chi connectivity index (χ1) is 8.61. The van der Waals surface area contributed by atoms with Crippen LogP contribution in [0.1, 0.15) is 18.9 Å². The lowest BCUT2D eigenvalue weighted by Gasteiger charge is -2.29. The zero-order chi connectivity index (χ0) is 13.1. The Hall–Kier alpha value is -1.13. The van der Waals surface area contributed by atoms with Crippen molar-refractivity contribution >= 4 is 5.69 Å². The van der Waals surface area contributed by atoms with Crippen LogP contribution in [0, 0.1) is 5.82 Å². The summed E-state index contributed by atoms with van der Waals surface area (Å²) in [6.45, 7) is 3.38. The molecule has 1 saturated heterocycles. The van der Waals surface area contributed by atoms with Gasteiger partial charge in [-0.25, -0.2) is 4.39 Å². The van der Waals surface area contributed by atoms with Crippen LogP contribution in [0.3, 0.4) is 0 Å². The van der Waals surface area contributed by atoms with Gasteiger partial charge in [-0.3, -0.25) is 0 Å². The number of benzene rings is 1. The summed E-state index contributed by atoms with van der Waals surface area (Å²) >= 11 is 0. The first-order valence-corrected chi connectivity index (χ1v) is 6.46. The van der Waals surface area contributed by atoms with E-state index in [4.69, 9.17) is 10.5 Å². The van der Waals surface area contributed by atoms with E-state index in [1.807, 2.05) is 13.1 Å². The summed E-state index contributed by atoms with van der Waals surface area (Å²) in [5, 5.41) is 0. The fourth-order valence-corrected chi connectivity index (χ4v) is 2.57. The van der Waals surface area contributed by atoms with Crippen molar-refractivity contribution < 1.29 is 9.13 Å². The molecule has 2 unspecified atom stereocenters. The molecule has 1 heterocycles. The quantitative estimate of drug-likeness (QED) is 0.890. The summed E-state index contributed by atoms with van der Waals surface area (Å²) in [5.74, 6) is -0.200. The summed E-state index contributed by atoms with van der Waals surface area (Å²) in [6.07, 6.45) is 1.88. The second-order valence-corrected chi connectivity index (χ2v) is 4.90. The van der Waals surface area contributed by atoms with Crippen molar-refractivity contribution in [2.75, 3.05) is 25.1 Å². The first-order valence-electron chi connectivity index (χ1n) is 6.46. The number of nitrogens with two attached hydrogens (primary N) is 1. The van der Waals surface area contributed by atoms with Gasteiger partial charge in [0, 0.05) is 19.3 Å². The number of anilines is 1. The maximum absolute atomic E-state index is 13.6. The van der Waals surface area contributed by atoms with E-state index >= 15 is 0 Å². The molecule has 2 atom stereocenters. The zero-order valence-corrected chi connectivity index (χ0v) is 11.0. The molecule has 0 bridgehead atoms. The van der Waals surface area contributed by atoms with Crippen molar-refractivity contribution in [2.45, 2.75) is 31.9 Å². The molecule has 0 aliphatic carbocycles. The van der Waals surface area contributed by atoms with Crippen LogP contribution in [0.25, 0.3) is 0 Å². The highest BCUT2D eigenvalue weighted by atomic mass is 19.1. The highest BCUT2D eigenvalue weighted by Gasteiger charge is 2.28. The van der Waals surface area contributed by atoms with Crippen molar-refractivity contribution in [3.8, 4) is 0 Å². The van der Waals surface area contributed by atoms with Crippen molar-refractivity contribution in [1.29, 1.82) is 0 Å². The Balaban J connectivity index is 2.21. The van der Waals surface area contributed by atoms with E-state index in [1.54, 1.807) is 12.1 Å². The van der Waals surface area contributed by atoms with E-state index < -0.39 is 0 Å². The van der Waals surface area contributed by atoms with Crippen LogP contribution in [-0.4, -0.2) is 32.3 Å². The topological polar surface area (TPSA) is 38.5 Å². The first kappa shape index (κ1) is 13.3. The van der Waals surface area contributed by atoms with Crippen LogP contribution in [0.2, 0.25) is 0 Å². The van der Waals surface area contributed by atoms with Crippen molar-refractivity contribution in [2.24, 2.45) is 5.73 Å². The Morgan fingerprint density at radius 3 is 2.83 bits per heavy atom. The number of hydrogen-bond donors (Lipinski definition) is 1. The Bertz CT molecular complexity index is 411. The molecule has 3 nitrogen and oxygen atoms in total. The molecule has 0 saturated carbocycles. The average molecular weight is 252 g/mol. The lowest BCUT2D eigenvalue weighted by molar-refractivity contribution is 0.118. The second kappa shape index (κ2) is 5.67. The number of rotatable bonds is 4. The molecular weight excluding hydrogens is 231 g/mol. The fraction of sp³-hybridized carbons (Fsp3) is 0.571. The molecule has 1 aromatic carbocycles. The van der Waals surface area contributed by atoms with E-state index in [2.05, 4.69) is 11.8 Å². The van der Waals surface area contributed by atoms with Gasteiger partial charge in [-0.05, 0) is 50.1 Å². The van der Waals surface area contributed by atoms with Gasteiger partial charge in [0.05, 0.1) is 12.1 Å². The van der Waals surface area contributed by atoms with Crippen LogP contribution in [0.4, 0.5) is 10.1 Å². The molecule has 4 heteroatoms. The van der Waals surface area contributed by atoms with Crippen LogP contribution in [0.5, 0.6) is 0 Å². The zero-order valence-electron chi connectivity index (χ0n) is 11.0. The van der Waals surface area contributed by atoms with Gasteiger partial charge in [-0.1, -0.05) is 0 Å². The normalized spacial score (nSPS) is 23.3. The number of likely N-dealkylation sites (N-methyl/N-ethyl adjacent to an activating group) is 1.